The van der Waals surface area contributed by atoms with Crippen molar-refractivity contribution in [3.63, 3.8) is 0 Å². The van der Waals surface area contributed by atoms with Crippen molar-refractivity contribution in [2.24, 2.45) is 0 Å². The maximum absolute atomic E-state index is 5.45. The Morgan fingerprint density at radius 1 is 1.29 bits per heavy atom. The van der Waals surface area contributed by atoms with Crippen molar-refractivity contribution >= 4 is 15.9 Å². The highest BCUT2D eigenvalue weighted by atomic mass is 79.9. The molecule has 1 aliphatic heterocycles. The SMILES string of the molecule is CN(C)Cc1cc(Br)ccc1C1CCOCC1. The molecule has 2 rings (SSSR count). The topological polar surface area (TPSA) is 12.5 Å². The van der Waals surface area contributed by atoms with E-state index in [1.807, 2.05) is 0 Å². The van der Waals surface area contributed by atoms with Crippen LogP contribution in [0.4, 0.5) is 0 Å². The van der Waals surface area contributed by atoms with Gasteiger partial charge in [-0.15, -0.1) is 0 Å². The van der Waals surface area contributed by atoms with Crippen LogP contribution in [0, 0.1) is 0 Å². The van der Waals surface area contributed by atoms with Gasteiger partial charge in [0, 0.05) is 24.2 Å². The molecule has 0 atom stereocenters. The lowest BCUT2D eigenvalue weighted by molar-refractivity contribution is 0.0850. The van der Waals surface area contributed by atoms with E-state index in [1.165, 1.54) is 15.6 Å². The molecule has 0 N–H and O–H groups in total. The van der Waals surface area contributed by atoms with Gasteiger partial charge in [0.15, 0.2) is 0 Å². The van der Waals surface area contributed by atoms with E-state index < -0.39 is 0 Å². The molecule has 1 aromatic carbocycles. The number of rotatable bonds is 3. The summed E-state index contributed by atoms with van der Waals surface area (Å²) in [5.41, 5.74) is 2.95. The number of ether oxygens (including phenoxy) is 1. The molecule has 1 saturated heterocycles. The lowest BCUT2D eigenvalue weighted by atomic mass is 9.88. The van der Waals surface area contributed by atoms with Gasteiger partial charge >= 0.3 is 0 Å². The number of hydrogen-bond donors (Lipinski definition) is 0. The lowest BCUT2D eigenvalue weighted by Gasteiger charge is -2.25. The van der Waals surface area contributed by atoms with Crippen LogP contribution in [0.25, 0.3) is 0 Å². The van der Waals surface area contributed by atoms with Crippen molar-refractivity contribution in [3.8, 4) is 0 Å². The fourth-order valence-electron chi connectivity index (χ4n) is 2.46. The standard InChI is InChI=1S/C14H20BrNO/c1-16(2)10-12-9-13(15)3-4-14(12)11-5-7-17-8-6-11/h3-4,9,11H,5-8,10H2,1-2H3. The second-order valence-electron chi connectivity index (χ2n) is 4.97. The minimum atomic E-state index is 0.673. The third-order valence-electron chi connectivity index (χ3n) is 3.25. The molecule has 0 radical (unpaired) electrons. The zero-order valence-corrected chi connectivity index (χ0v) is 12.2. The fraction of sp³-hybridized carbons (Fsp3) is 0.571. The number of hydrogen-bond acceptors (Lipinski definition) is 2. The number of halogens is 1. The molecular weight excluding hydrogens is 278 g/mol. The number of nitrogens with zero attached hydrogens (tertiary/aromatic N) is 1. The maximum Gasteiger partial charge on any atom is 0.0471 e. The van der Waals surface area contributed by atoms with Crippen molar-refractivity contribution in [1.82, 2.24) is 4.90 Å². The summed E-state index contributed by atoms with van der Waals surface area (Å²) in [4.78, 5) is 2.23. The Kier molecular flexibility index (Phi) is 4.60. The highest BCUT2D eigenvalue weighted by molar-refractivity contribution is 9.10. The minimum Gasteiger partial charge on any atom is -0.381 e. The summed E-state index contributed by atoms with van der Waals surface area (Å²) in [5.74, 6) is 0.673. The van der Waals surface area contributed by atoms with Crippen LogP contribution in [0.1, 0.15) is 29.9 Å². The normalized spacial score (nSPS) is 17.6. The van der Waals surface area contributed by atoms with Crippen molar-refractivity contribution in [1.29, 1.82) is 0 Å². The van der Waals surface area contributed by atoms with Gasteiger partial charge in [-0.05, 0) is 56.1 Å². The van der Waals surface area contributed by atoms with Gasteiger partial charge in [-0.2, -0.15) is 0 Å². The van der Waals surface area contributed by atoms with Crippen molar-refractivity contribution in [2.75, 3.05) is 27.3 Å². The quantitative estimate of drug-likeness (QED) is 0.848. The first kappa shape index (κ1) is 13.1. The molecule has 0 amide bonds. The van der Waals surface area contributed by atoms with Crippen LogP contribution in [0.5, 0.6) is 0 Å². The lowest BCUT2D eigenvalue weighted by Crippen LogP contribution is -2.18. The van der Waals surface area contributed by atoms with Gasteiger partial charge in [0.2, 0.25) is 0 Å². The molecule has 0 saturated carbocycles. The third-order valence-corrected chi connectivity index (χ3v) is 3.75. The fourth-order valence-corrected chi connectivity index (χ4v) is 2.87. The average Bonchev–Trinajstić information content (AvgIpc) is 2.29. The first-order chi connectivity index (χ1) is 8.16. The van der Waals surface area contributed by atoms with E-state index in [9.17, 15) is 0 Å². The predicted molar refractivity (Wildman–Crippen MR) is 74.3 cm³/mol. The summed E-state index contributed by atoms with van der Waals surface area (Å²) >= 11 is 3.57. The van der Waals surface area contributed by atoms with E-state index in [4.69, 9.17) is 4.74 Å². The summed E-state index contributed by atoms with van der Waals surface area (Å²) in [7, 11) is 4.24. The monoisotopic (exact) mass is 297 g/mol. The zero-order valence-electron chi connectivity index (χ0n) is 10.6. The second kappa shape index (κ2) is 5.98. The van der Waals surface area contributed by atoms with Gasteiger partial charge < -0.3 is 9.64 Å². The smallest absolute Gasteiger partial charge is 0.0471 e. The molecule has 17 heavy (non-hydrogen) atoms. The highest BCUT2D eigenvalue weighted by Gasteiger charge is 2.19. The molecule has 3 heteroatoms. The van der Waals surface area contributed by atoms with Crippen LogP contribution in [0.3, 0.4) is 0 Å². The summed E-state index contributed by atoms with van der Waals surface area (Å²) in [6.07, 6.45) is 2.31. The van der Waals surface area contributed by atoms with Gasteiger partial charge in [-0.25, -0.2) is 0 Å². The summed E-state index contributed by atoms with van der Waals surface area (Å²) in [6.45, 7) is 2.82. The molecule has 1 aromatic rings. The molecule has 1 heterocycles. The second-order valence-corrected chi connectivity index (χ2v) is 5.88. The summed E-state index contributed by atoms with van der Waals surface area (Å²) in [6, 6.07) is 6.69. The van der Waals surface area contributed by atoms with Crippen molar-refractivity contribution < 1.29 is 4.74 Å². The van der Waals surface area contributed by atoms with Crippen LogP contribution in [-0.4, -0.2) is 32.2 Å². The Balaban J connectivity index is 2.24. The van der Waals surface area contributed by atoms with Gasteiger partial charge in [0.1, 0.15) is 0 Å². The Morgan fingerprint density at radius 3 is 2.65 bits per heavy atom. The molecule has 1 aliphatic rings. The van der Waals surface area contributed by atoms with E-state index in [0.29, 0.717) is 5.92 Å². The zero-order chi connectivity index (χ0) is 12.3. The largest absolute Gasteiger partial charge is 0.381 e. The van der Waals surface area contributed by atoms with Gasteiger partial charge in [-0.3, -0.25) is 0 Å². The number of benzene rings is 1. The van der Waals surface area contributed by atoms with Gasteiger partial charge in [0.05, 0.1) is 0 Å². The molecule has 1 fully saturated rings. The Labute approximate surface area is 112 Å². The molecule has 0 unspecified atom stereocenters. The van der Waals surface area contributed by atoms with E-state index in [-0.39, 0.29) is 0 Å². The minimum absolute atomic E-state index is 0.673. The van der Waals surface area contributed by atoms with Crippen LogP contribution in [-0.2, 0) is 11.3 Å². The van der Waals surface area contributed by atoms with Crippen LogP contribution in [0.15, 0.2) is 22.7 Å². The van der Waals surface area contributed by atoms with E-state index in [2.05, 4.69) is 53.1 Å². The van der Waals surface area contributed by atoms with Crippen molar-refractivity contribution in [3.05, 3.63) is 33.8 Å². The first-order valence-electron chi connectivity index (χ1n) is 6.17. The van der Waals surface area contributed by atoms with E-state index in [0.717, 1.165) is 32.6 Å². The van der Waals surface area contributed by atoms with Gasteiger partial charge in [-0.1, -0.05) is 22.0 Å². The van der Waals surface area contributed by atoms with Crippen LogP contribution in [0.2, 0.25) is 0 Å². The molecule has 0 aromatic heterocycles. The van der Waals surface area contributed by atoms with Crippen molar-refractivity contribution in [2.45, 2.75) is 25.3 Å². The maximum atomic E-state index is 5.45. The van der Waals surface area contributed by atoms with E-state index in [1.54, 1.807) is 0 Å². The Hall–Kier alpha value is -0.380. The highest BCUT2D eigenvalue weighted by Crippen LogP contribution is 2.31. The van der Waals surface area contributed by atoms with Crippen LogP contribution >= 0.6 is 15.9 Å². The van der Waals surface area contributed by atoms with Crippen LogP contribution < -0.4 is 0 Å². The van der Waals surface area contributed by atoms with Gasteiger partial charge in [0.25, 0.3) is 0 Å². The molecule has 0 bridgehead atoms. The average molecular weight is 298 g/mol. The summed E-state index contributed by atoms with van der Waals surface area (Å²) in [5, 5.41) is 0. The Morgan fingerprint density at radius 2 is 2.00 bits per heavy atom. The molecule has 94 valence electrons. The first-order valence-corrected chi connectivity index (χ1v) is 6.97. The molecular formula is C14H20BrNO. The molecule has 0 spiro atoms. The third kappa shape index (κ3) is 3.54. The molecule has 2 nitrogen and oxygen atoms in total. The summed E-state index contributed by atoms with van der Waals surface area (Å²) < 4.78 is 6.62. The predicted octanol–water partition coefficient (Wildman–Crippen LogP) is 3.40. The molecule has 0 aliphatic carbocycles. The van der Waals surface area contributed by atoms with E-state index >= 15 is 0 Å². The Bertz CT molecular complexity index is 372.